The minimum Gasteiger partial charge on any atom is -0.497 e. The number of ether oxygens (including phenoxy) is 1. The van der Waals surface area contributed by atoms with Gasteiger partial charge in [0, 0.05) is 24.2 Å². The molecule has 128 valence electrons. The fourth-order valence-corrected chi connectivity index (χ4v) is 3.02. The van der Waals surface area contributed by atoms with E-state index < -0.39 is 0 Å². The van der Waals surface area contributed by atoms with Gasteiger partial charge in [0.1, 0.15) is 5.75 Å². The molecular formula is C20H20N2O3. The summed E-state index contributed by atoms with van der Waals surface area (Å²) >= 11 is 0. The van der Waals surface area contributed by atoms with E-state index in [-0.39, 0.29) is 11.8 Å². The van der Waals surface area contributed by atoms with E-state index >= 15 is 0 Å². The van der Waals surface area contributed by atoms with Crippen molar-refractivity contribution in [3.05, 3.63) is 59.3 Å². The van der Waals surface area contributed by atoms with Gasteiger partial charge in [-0.2, -0.15) is 0 Å². The number of aryl methyl sites for hydroxylation is 2. The Morgan fingerprint density at radius 1 is 1.04 bits per heavy atom. The minimum absolute atomic E-state index is 0.152. The Bertz CT molecular complexity index is 966. The van der Waals surface area contributed by atoms with Crippen molar-refractivity contribution in [2.45, 2.75) is 20.8 Å². The number of nitrogens with zero attached hydrogens (tertiary/aromatic N) is 1. The molecule has 25 heavy (non-hydrogen) atoms. The van der Waals surface area contributed by atoms with Crippen LogP contribution >= 0.6 is 0 Å². The van der Waals surface area contributed by atoms with E-state index in [1.807, 2.05) is 32.0 Å². The molecule has 2 aromatic carbocycles. The number of anilines is 1. The number of carbonyl (C=O) groups is 2. The summed E-state index contributed by atoms with van der Waals surface area (Å²) in [5.74, 6) is 0.220. The number of aromatic nitrogens is 1. The molecule has 5 heteroatoms. The van der Waals surface area contributed by atoms with Gasteiger partial charge in [0.15, 0.2) is 0 Å². The molecule has 0 aliphatic rings. The van der Waals surface area contributed by atoms with E-state index in [0.29, 0.717) is 22.2 Å². The van der Waals surface area contributed by atoms with Crippen LogP contribution in [0.1, 0.15) is 33.2 Å². The van der Waals surface area contributed by atoms with Gasteiger partial charge in [-0.15, -0.1) is 0 Å². The predicted octanol–water partition coefficient (Wildman–Crippen LogP) is 4.18. The molecule has 0 unspecified atom stereocenters. The molecule has 0 spiro atoms. The standard InChI is InChI=1S/C20H20N2O3/c1-12-7-13(2)9-15(8-12)21-20(24)18-11-22(14(3)23)19-6-5-16(25-4)10-17(18)19/h5-11H,1-4H3,(H,21,24). The lowest BCUT2D eigenvalue weighted by Gasteiger charge is -2.07. The second-order valence-electron chi connectivity index (χ2n) is 6.15. The topological polar surface area (TPSA) is 60.3 Å². The Hall–Kier alpha value is -3.08. The fraction of sp³-hybridized carbons (Fsp3) is 0.200. The van der Waals surface area contributed by atoms with E-state index in [1.54, 1.807) is 31.5 Å². The number of methoxy groups -OCH3 is 1. The van der Waals surface area contributed by atoms with Crippen molar-refractivity contribution in [2.75, 3.05) is 12.4 Å². The van der Waals surface area contributed by atoms with Crippen LogP contribution in [0, 0.1) is 13.8 Å². The summed E-state index contributed by atoms with van der Waals surface area (Å²) in [7, 11) is 1.57. The highest BCUT2D eigenvalue weighted by Crippen LogP contribution is 2.27. The second-order valence-corrected chi connectivity index (χ2v) is 6.15. The summed E-state index contributed by atoms with van der Waals surface area (Å²) in [6.45, 7) is 5.43. The molecule has 1 N–H and O–H groups in total. The zero-order valence-corrected chi connectivity index (χ0v) is 14.7. The highest BCUT2D eigenvalue weighted by atomic mass is 16.5. The molecule has 0 radical (unpaired) electrons. The third kappa shape index (κ3) is 3.26. The maximum Gasteiger partial charge on any atom is 0.257 e. The summed E-state index contributed by atoms with van der Waals surface area (Å²) in [6, 6.07) is 11.2. The molecule has 0 saturated heterocycles. The average Bonchev–Trinajstić information content (AvgIpc) is 2.92. The normalized spacial score (nSPS) is 10.7. The van der Waals surface area contributed by atoms with Crippen LogP contribution in [-0.2, 0) is 0 Å². The molecular weight excluding hydrogens is 316 g/mol. The monoisotopic (exact) mass is 336 g/mol. The van der Waals surface area contributed by atoms with Crippen molar-refractivity contribution in [1.82, 2.24) is 4.57 Å². The van der Waals surface area contributed by atoms with Gasteiger partial charge in [-0.05, 0) is 55.3 Å². The van der Waals surface area contributed by atoms with Gasteiger partial charge < -0.3 is 10.1 Å². The van der Waals surface area contributed by atoms with Gasteiger partial charge >= 0.3 is 0 Å². The van der Waals surface area contributed by atoms with Crippen LogP contribution in [0.5, 0.6) is 5.75 Å². The number of hydrogen-bond acceptors (Lipinski definition) is 3. The molecule has 5 nitrogen and oxygen atoms in total. The lowest BCUT2D eigenvalue weighted by Crippen LogP contribution is -2.12. The van der Waals surface area contributed by atoms with Gasteiger partial charge in [-0.25, -0.2) is 0 Å². The highest BCUT2D eigenvalue weighted by molar-refractivity contribution is 6.14. The van der Waals surface area contributed by atoms with Crippen LogP contribution in [0.15, 0.2) is 42.6 Å². The minimum atomic E-state index is -0.261. The van der Waals surface area contributed by atoms with Gasteiger partial charge in [0.2, 0.25) is 5.91 Å². The van der Waals surface area contributed by atoms with Crippen LogP contribution in [0.2, 0.25) is 0 Å². The number of benzene rings is 2. The first-order chi connectivity index (χ1) is 11.9. The number of amides is 1. The Morgan fingerprint density at radius 2 is 1.72 bits per heavy atom. The first-order valence-corrected chi connectivity index (χ1v) is 7.98. The quantitative estimate of drug-likeness (QED) is 0.780. The molecule has 1 aromatic heterocycles. The maximum absolute atomic E-state index is 12.8. The molecule has 0 bridgehead atoms. The Kier molecular flexibility index (Phi) is 4.31. The van der Waals surface area contributed by atoms with Gasteiger partial charge in [0.05, 0.1) is 18.2 Å². The summed E-state index contributed by atoms with van der Waals surface area (Å²) in [6.07, 6.45) is 1.57. The van der Waals surface area contributed by atoms with E-state index in [9.17, 15) is 9.59 Å². The summed E-state index contributed by atoms with van der Waals surface area (Å²) in [5, 5.41) is 3.59. The average molecular weight is 336 g/mol. The van der Waals surface area contributed by atoms with Gasteiger partial charge in [-0.1, -0.05) is 6.07 Å². The zero-order chi connectivity index (χ0) is 18.1. The first kappa shape index (κ1) is 16.8. The smallest absolute Gasteiger partial charge is 0.257 e. The zero-order valence-electron chi connectivity index (χ0n) is 14.7. The second kappa shape index (κ2) is 6.43. The third-order valence-electron chi connectivity index (χ3n) is 4.08. The number of fused-ring (bicyclic) bond motifs is 1. The van der Waals surface area contributed by atoms with Gasteiger partial charge in [-0.3, -0.25) is 14.2 Å². The first-order valence-electron chi connectivity index (χ1n) is 7.98. The molecule has 1 amide bonds. The van der Waals surface area contributed by atoms with Crippen molar-refractivity contribution < 1.29 is 14.3 Å². The van der Waals surface area contributed by atoms with Crippen molar-refractivity contribution in [2.24, 2.45) is 0 Å². The molecule has 0 aliphatic carbocycles. The van der Waals surface area contributed by atoms with Gasteiger partial charge in [0.25, 0.3) is 5.91 Å². The SMILES string of the molecule is COc1ccc2c(c1)c(C(=O)Nc1cc(C)cc(C)c1)cn2C(C)=O. The largest absolute Gasteiger partial charge is 0.497 e. The lowest BCUT2D eigenvalue weighted by atomic mass is 10.1. The number of hydrogen-bond donors (Lipinski definition) is 1. The number of nitrogens with one attached hydrogen (secondary N) is 1. The van der Waals surface area contributed by atoms with E-state index in [0.717, 1.165) is 16.8 Å². The molecule has 0 aliphatic heterocycles. The Morgan fingerprint density at radius 3 is 2.32 bits per heavy atom. The maximum atomic E-state index is 12.8. The lowest BCUT2D eigenvalue weighted by molar-refractivity contribution is 0.0941. The summed E-state index contributed by atoms with van der Waals surface area (Å²) in [4.78, 5) is 24.7. The van der Waals surface area contributed by atoms with E-state index in [1.165, 1.54) is 11.5 Å². The van der Waals surface area contributed by atoms with Crippen molar-refractivity contribution in [3.63, 3.8) is 0 Å². The summed E-state index contributed by atoms with van der Waals surface area (Å²) in [5.41, 5.74) is 3.99. The molecule has 1 heterocycles. The van der Waals surface area contributed by atoms with Crippen LogP contribution in [-0.4, -0.2) is 23.5 Å². The van der Waals surface area contributed by atoms with E-state index in [4.69, 9.17) is 4.74 Å². The van der Waals surface area contributed by atoms with E-state index in [2.05, 4.69) is 5.32 Å². The van der Waals surface area contributed by atoms with Crippen molar-refractivity contribution >= 4 is 28.4 Å². The fourth-order valence-electron chi connectivity index (χ4n) is 3.02. The molecule has 3 rings (SSSR count). The van der Waals surface area contributed by atoms with Crippen LogP contribution < -0.4 is 10.1 Å². The molecule has 0 atom stereocenters. The van der Waals surface area contributed by atoms with Crippen LogP contribution in [0.25, 0.3) is 10.9 Å². The molecule has 0 fully saturated rings. The number of carbonyl (C=O) groups excluding carboxylic acids is 2. The molecule has 0 saturated carbocycles. The van der Waals surface area contributed by atoms with Crippen LogP contribution in [0.4, 0.5) is 5.69 Å². The predicted molar refractivity (Wildman–Crippen MR) is 98.7 cm³/mol. The Balaban J connectivity index is 2.07. The summed E-state index contributed by atoms with van der Waals surface area (Å²) < 4.78 is 6.73. The Labute approximate surface area is 146 Å². The van der Waals surface area contributed by atoms with Crippen molar-refractivity contribution in [3.8, 4) is 5.75 Å². The van der Waals surface area contributed by atoms with Crippen LogP contribution in [0.3, 0.4) is 0 Å². The highest BCUT2D eigenvalue weighted by Gasteiger charge is 2.18. The number of rotatable bonds is 3. The van der Waals surface area contributed by atoms with Crippen molar-refractivity contribution in [1.29, 1.82) is 0 Å². The third-order valence-corrected chi connectivity index (χ3v) is 4.08. The molecule has 3 aromatic rings.